The van der Waals surface area contributed by atoms with Gasteiger partial charge in [0.05, 0.1) is 6.61 Å². The van der Waals surface area contributed by atoms with E-state index in [1.165, 1.54) is 12.8 Å². The number of hydrogen-bond donors (Lipinski definition) is 2. The number of likely N-dealkylation sites (tertiary alicyclic amines) is 1. The van der Waals surface area contributed by atoms with Crippen LogP contribution in [0.25, 0.3) is 0 Å². The van der Waals surface area contributed by atoms with Crippen molar-refractivity contribution in [3.05, 3.63) is 29.8 Å². The summed E-state index contributed by atoms with van der Waals surface area (Å²) in [6, 6.07) is 7.69. The van der Waals surface area contributed by atoms with Crippen molar-refractivity contribution in [1.82, 2.24) is 4.90 Å². The molecule has 1 aliphatic rings. The minimum Gasteiger partial charge on any atom is -0.508 e. The highest BCUT2D eigenvalue weighted by Gasteiger charge is 2.22. The Hall–Kier alpha value is -1.06. The van der Waals surface area contributed by atoms with Crippen LogP contribution in [-0.2, 0) is 6.54 Å². The maximum Gasteiger partial charge on any atom is 0.120 e. The number of hydrogen-bond acceptors (Lipinski definition) is 3. The van der Waals surface area contributed by atoms with E-state index in [1.807, 2.05) is 18.2 Å². The van der Waals surface area contributed by atoms with Gasteiger partial charge in [0.2, 0.25) is 0 Å². The van der Waals surface area contributed by atoms with Gasteiger partial charge in [-0.1, -0.05) is 24.6 Å². The van der Waals surface area contributed by atoms with Crippen LogP contribution in [-0.4, -0.2) is 34.3 Å². The summed E-state index contributed by atoms with van der Waals surface area (Å²) in [5.74, 6) is 0.352. The molecule has 16 heavy (non-hydrogen) atoms. The van der Waals surface area contributed by atoms with Gasteiger partial charge in [-0.25, -0.2) is 0 Å². The normalized spacial score (nSPS) is 22.2. The number of para-hydroxylation sites is 1. The van der Waals surface area contributed by atoms with Gasteiger partial charge >= 0.3 is 0 Å². The number of benzene rings is 1. The quantitative estimate of drug-likeness (QED) is 0.817. The van der Waals surface area contributed by atoms with E-state index in [4.69, 9.17) is 0 Å². The second kappa shape index (κ2) is 5.32. The lowest BCUT2D eigenvalue weighted by atomic mass is 10.0. The second-order valence-corrected chi connectivity index (χ2v) is 4.43. The minimum atomic E-state index is 0.216. The molecular weight excluding hydrogens is 202 g/mol. The Morgan fingerprint density at radius 2 is 2.06 bits per heavy atom. The molecule has 0 radical (unpaired) electrons. The molecule has 0 amide bonds. The Morgan fingerprint density at radius 1 is 1.25 bits per heavy atom. The van der Waals surface area contributed by atoms with E-state index in [0.29, 0.717) is 5.75 Å². The highest BCUT2D eigenvalue weighted by molar-refractivity contribution is 5.31. The fourth-order valence-corrected chi connectivity index (χ4v) is 2.34. The third-order valence-electron chi connectivity index (χ3n) is 3.32. The zero-order valence-corrected chi connectivity index (χ0v) is 9.47. The zero-order chi connectivity index (χ0) is 11.4. The summed E-state index contributed by atoms with van der Waals surface area (Å²) >= 11 is 0. The van der Waals surface area contributed by atoms with Crippen LogP contribution in [0, 0.1) is 0 Å². The number of aliphatic hydroxyl groups excluding tert-OH is 1. The van der Waals surface area contributed by atoms with Crippen LogP contribution in [0.4, 0.5) is 0 Å². The first-order valence-electron chi connectivity index (χ1n) is 5.93. The van der Waals surface area contributed by atoms with E-state index < -0.39 is 0 Å². The molecule has 1 fully saturated rings. The van der Waals surface area contributed by atoms with Crippen LogP contribution >= 0.6 is 0 Å². The fraction of sp³-hybridized carbons (Fsp3) is 0.538. The van der Waals surface area contributed by atoms with E-state index in [-0.39, 0.29) is 12.6 Å². The van der Waals surface area contributed by atoms with Gasteiger partial charge in [-0.05, 0) is 25.5 Å². The minimum absolute atomic E-state index is 0.216. The van der Waals surface area contributed by atoms with Crippen molar-refractivity contribution in [2.45, 2.75) is 31.8 Å². The number of piperidine rings is 1. The van der Waals surface area contributed by atoms with Crippen molar-refractivity contribution in [3.63, 3.8) is 0 Å². The van der Waals surface area contributed by atoms with E-state index in [1.54, 1.807) is 6.07 Å². The van der Waals surface area contributed by atoms with Gasteiger partial charge < -0.3 is 10.2 Å². The van der Waals surface area contributed by atoms with Gasteiger partial charge in [0.15, 0.2) is 0 Å². The van der Waals surface area contributed by atoms with Gasteiger partial charge in [0.1, 0.15) is 5.75 Å². The van der Waals surface area contributed by atoms with E-state index in [0.717, 1.165) is 25.1 Å². The summed E-state index contributed by atoms with van der Waals surface area (Å²) in [6.45, 7) is 1.96. The molecule has 1 heterocycles. The van der Waals surface area contributed by atoms with Gasteiger partial charge in [0.25, 0.3) is 0 Å². The average Bonchev–Trinajstić information content (AvgIpc) is 2.33. The van der Waals surface area contributed by atoms with Gasteiger partial charge in [-0.15, -0.1) is 0 Å². The third kappa shape index (κ3) is 2.54. The van der Waals surface area contributed by atoms with Crippen LogP contribution in [0.5, 0.6) is 5.75 Å². The Balaban J connectivity index is 2.05. The summed E-state index contributed by atoms with van der Waals surface area (Å²) in [5, 5.41) is 19.0. The summed E-state index contributed by atoms with van der Waals surface area (Å²) in [4.78, 5) is 2.26. The number of aliphatic hydroxyl groups is 1. The zero-order valence-electron chi connectivity index (χ0n) is 9.47. The first-order valence-corrected chi connectivity index (χ1v) is 5.93. The predicted molar refractivity (Wildman–Crippen MR) is 63.2 cm³/mol. The molecule has 0 aliphatic carbocycles. The summed E-state index contributed by atoms with van der Waals surface area (Å²) < 4.78 is 0. The molecule has 1 saturated heterocycles. The van der Waals surface area contributed by atoms with Crippen molar-refractivity contribution >= 4 is 0 Å². The van der Waals surface area contributed by atoms with E-state index in [9.17, 15) is 10.2 Å². The molecule has 0 bridgehead atoms. The number of phenolic OH excluding ortho intramolecular Hbond substituents is 1. The highest BCUT2D eigenvalue weighted by atomic mass is 16.3. The molecule has 1 aromatic carbocycles. The SMILES string of the molecule is OCC1CCCCN1Cc1ccccc1O. The summed E-state index contributed by atoms with van der Waals surface area (Å²) in [7, 11) is 0. The lowest BCUT2D eigenvalue weighted by molar-refractivity contribution is 0.0834. The topological polar surface area (TPSA) is 43.7 Å². The van der Waals surface area contributed by atoms with Crippen molar-refractivity contribution in [2.24, 2.45) is 0 Å². The molecule has 0 spiro atoms. The van der Waals surface area contributed by atoms with Crippen molar-refractivity contribution in [1.29, 1.82) is 0 Å². The van der Waals surface area contributed by atoms with Crippen LogP contribution < -0.4 is 0 Å². The number of nitrogens with zero attached hydrogens (tertiary/aromatic N) is 1. The predicted octanol–water partition coefficient (Wildman–Crippen LogP) is 1.74. The molecule has 0 saturated carbocycles. The molecule has 1 aromatic rings. The molecule has 1 unspecified atom stereocenters. The Morgan fingerprint density at radius 3 is 2.81 bits per heavy atom. The number of phenols is 1. The maximum atomic E-state index is 9.71. The van der Waals surface area contributed by atoms with Crippen molar-refractivity contribution < 1.29 is 10.2 Å². The lowest BCUT2D eigenvalue weighted by Gasteiger charge is -2.34. The first kappa shape index (κ1) is 11.4. The molecule has 1 aliphatic heterocycles. The molecule has 0 aromatic heterocycles. The molecule has 3 nitrogen and oxygen atoms in total. The lowest BCUT2D eigenvalue weighted by Crippen LogP contribution is -2.41. The summed E-state index contributed by atoms with van der Waals surface area (Å²) in [5.41, 5.74) is 0.947. The van der Waals surface area contributed by atoms with Crippen molar-refractivity contribution in [3.8, 4) is 5.75 Å². The third-order valence-corrected chi connectivity index (χ3v) is 3.32. The van der Waals surface area contributed by atoms with Gasteiger partial charge in [-0.2, -0.15) is 0 Å². The van der Waals surface area contributed by atoms with Crippen LogP contribution in [0.15, 0.2) is 24.3 Å². The van der Waals surface area contributed by atoms with E-state index >= 15 is 0 Å². The molecule has 2 rings (SSSR count). The number of rotatable bonds is 3. The molecule has 2 N–H and O–H groups in total. The van der Waals surface area contributed by atoms with E-state index in [2.05, 4.69) is 4.90 Å². The van der Waals surface area contributed by atoms with Crippen LogP contribution in [0.3, 0.4) is 0 Å². The van der Waals surface area contributed by atoms with Crippen LogP contribution in [0.2, 0.25) is 0 Å². The summed E-state index contributed by atoms with van der Waals surface area (Å²) in [6.07, 6.45) is 3.44. The molecule has 88 valence electrons. The highest BCUT2D eigenvalue weighted by Crippen LogP contribution is 2.23. The van der Waals surface area contributed by atoms with Gasteiger partial charge in [-0.3, -0.25) is 4.90 Å². The maximum absolute atomic E-state index is 9.71. The second-order valence-electron chi connectivity index (χ2n) is 4.43. The fourth-order valence-electron chi connectivity index (χ4n) is 2.34. The Labute approximate surface area is 96.3 Å². The smallest absolute Gasteiger partial charge is 0.120 e. The average molecular weight is 221 g/mol. The Kier molecular flexibility index (Phi) is 3.80. The van der Waals surface area contributed by atoms with Gasteiger partial charge in [0, 0.05) is 18.2 Å². The molecule has 3 heteroatoms. The monoisotopic (exact) mass is 221 g/mol. The first-order chi connectivity index (χ1) is 7.81. The molecule has 1 atom stereocenters. The largest absolute Gasteiger partial charge is 0.508 e. The standard InChI is InChI=1S/C13H19NO2/c15-10-12-6-3-4-8-14(12)9-11-5-1-2-7-13(11)16/h1-2,5,7,12,15-16H,3-4,6,8-10H2. The number of aromatic hydroxyl groups is 1. The van der Waals surface area contributed by atoms with Crippen molar-refractivity contribution in [2.75, 3.05) is 13.2 Å². The Bertz CT molecular complexity index is 340. The van der Waals surface area contributed by atoms with Crippen LogP contribution in [0.1, 0.15) is 24.8 Å². The molecular formula is C13H19NO2.